The van der Waals surface area contributed by atoms with Gasteiger partial charge in [-0.25, -0.2) is 4.39 Å². The molecule has 0 radical (unpaired) electrons. The molecule has 1 amide bonds. The number of benzene rings is 1. The highest BCUT2D eigenvalue weighted by molar-refractivity contribution is 5.83. The van der Waals surface area contributed by atoms with Gasteiger partial charge in [0.15, 0.2) is 0 Å². The molecule has 3 unspecified atom stereocenters. The summed E-state index contributed by atoms with van der Waals surface area (Å²) in [6, 6.07) is 6.40. The van der Waals surface area contributed by atoms with Crippen LogP contribution in [-0.2, 0) is 4.79 Å². The summed E-state index contributed by atoms with van der Waals surface area (Å²) in [5.74, 6) is -0.287. The van der Waals surface area contributed by atoms with Crippen molar-refractivity contribution in [1.82, 2.24) is 15.1 Å². The van der Waals surface area contributed by atoms with Crippen molar-refractivity contribution in [2.24, 2.45) is 0 Å². The van der Waals surface area contributed by atoms with Crippen LogP contribution in [0.4, 0.5) is 4.39 Å². The Balaban J connectivity index is 1.74. The maximum Gasteiger partial charge on any atom is 0.242 e. The molecule has 1 aromatic carbocycles. The Hall–Kier alpha value is -1.50. The van der Waals surface area contributed by atoms with Crippen LogP contribution in [0.25, 0.3) is 0 Å². The van der Waals surface area contributed by atoms with E-state index in [1.165, 1.54) is 12.1 Å². The number of nitrogens with one attached hydrogen (secondary N) is 1. The number of amides is 1. The predicted octanol–water partition coefficient (Wildman–Crippen LogP) is 1.53. The lowest BCUT2D eigenvalue weighted by molar-refractivity contribution is -0.128. The second kappa shape index (κ2) is 7.81. The fourth-order valence-electron chi connectivity index (χ4n) is 3.55. The van der Waals surface area contributed by atoms with Gasteiger partial charge in [0.2, 0.25) is 5.91 Å². The lowest BCUT2D eigenvalue weighted by Crippen LogP contribution is -2.56. The molecule has 3 rings (SSSR count). The molecule has 0 spiro atoms. The van der Waals surface area contributed by atoms with Gasteiger partial charge in [-0.1, -0.05) is 12.1 Å². The number of nitrogens with zero attached hydrogens (tertiary/aromatic N) is 2. The second-order valence-corrected chi connectivity index (χ2v) is 7.42. The first-order valence-electron chi connectivity index (χ1n) is 9.16. The molecule has 2 aliphatic rings. The molecule has 1 saturated carbocycles. The maximum atomic E-state index is 13.3. The van der Waals surface area contributed by atoms with E-state index < -0.39 is 6.04 Å². The zero-order valence-electron chi connectivity index (χ0n) is 15.0. The molecule has 2 N–H and O–H groups in total. The normalized spacial score (nSPS) is 24.7. The standard InChI is InChI=1S/C19H28FN3O2/c1-13-11-23(10-9-22(13)12-14(2)24)18(19(25)21-17-7-8-17)15-3-5-16(20)6-4-15/h3-6,13-14,17-18,24H,7-12H2,1-2H3,(H,21,25). The largest absolute Gasteiger partial charge is 0.392 e. The van der Waals surface area contributed by atoms with Crippen LogP contribution in [0.2, 0.25) is 0 Å². The summed E-state index contributed by atoms with van der Waals surface area (Å²) < 4.78 is 13.3. The van der Waals surface area contributed by atoms with Gasteiger partial charge in [0.1, 0.15) is 11.9 Å². The third-order valence-electron chi connectivity index (χ3n) is 5.02. The van der Waals surface area contributed by atoms with E-state index in [2.05, 4.69) is 22.0 Å². The summed E-state index contributed by atoms with van der Waals surface area (Å²) in [6.07, 6.45) is 1.72. The SMILES string of the molecule is CC(O)CN1CCN(C(C(=O)NC2CC2)c2ccc(F)cc2)CC1C. The summed E-state index contributed by atoms with van der Waals surface area (Å²) in [4.78, 5) is 17.3. The Morgan fingerprint density at radius 3 is 2.56 bits per heavy atom. The van der Waals surface area contributed by atoms with Gasteiger partial charge in [0.25, 0.3) is 0 Å². The first-order chi connectivity index (χ1) is 11.9. The summed E-state index contributed by atoms with van der Waals surface area (Å²) in [6.45, 7) is 6.85. The van der Waals surface area contributed by atoms with E-state index in [9.17, 15) is 14.3 Å². The van der Waals surface area contributed by atoms with Gasteiger partial charge >= 0.3 is 0 Å². The molecule has 1 aromatic rings. The number of aliphatic hydroxyl groups excluding tert-OH is 1. The van der Waals surface area contributed by atoms with Crippen molar-refractivity contribution in [2.45, 2.75) is 50.9 Å². The van der Waals surface area contributed by atoms with Crippen molar-refractivity contribution in [3.8, 4) is 0 Å². The number of β-amino-alcohol motifs (C(OH)–C–C–N with tert-alkyl or cyclic N) is 1. The fourth-order valence-corrected chi connectivity index (χ4v) is 3.55. The van der Waals surface area contributed by atoms with E-state index in [1.54, 1.807) is 19.1 Å². The number of carbonyl (C=O) groups is 1. The zero-order chi connectivity index (χ0) is 18.0. The van der Waals surface area contributed by atoms with Gasteiger partial charge in [-0.15, -0.1) is 0 Å². The topological polar surface area (TPSA) is 55.8 Å². The van der Waals surface area contributed by atoms with E-state index in [0.717, 1.165) is 38.0 Å². The molecule has 3 atom stereocenters. The number of hydrogen-bond acceptors (Lipinski definition) is 4. The number of aliphatic hydroxyl groups is 1. The molecule has 1 heterocycles. The molecular weight excluding hydrogens is 321 g/mol. The Bertz CT molecular complexity index is 589. The number of halogens is 1. The van der Waals surface area contributed by atoms with E-state index in [0.29, 0.717) is 12.6 Å². The molecule has 6 heteroatoms. The third-order valence-corrected chi connectivity index (χ3v) is 5.02. The molecule has 1 aliphatic heterocycles. The van der Waals surface area contributed by atoms with Gasteiger partial charge in [-0.05, 0) is 44.4 Å². The average molecular weight is 349 g/mol. The summed E-state index contributed by atoms with van der Waals surface area (Å²) in [5.41, 5.74) is 0.829. The van der Waals surface area contributed by atoms with Crippen LogP contribution in [0.1, 0.15) is 38.3 Å². The van der Waals surface area contributed by atoms with Crippen LogP contribution in [0.3, 0.4) is 0 Å². The highest BCUT2D eigenvalue weighted by atomic mass is 19.1. The van der Waals surface area contributed by atoms with Gasteiger partial charge in [-0.3, -0.25) is 14.6 Å². The molecule has 2 fully saturated rings. The minimum absolute atomic E-state index is 0.00489. The lowest BCUT2D eigenvalue weighted by atomic mass is 10.0. The van der Waals surface area contributed by atoms with Crippen molar-refractivity contribution in [3.05, 3.63) is 35.6 Å². The highest BCUT2D eigenvalue weighted by Crippen LogP contribution is 2.27. The number of carbonyl (C=O) groups excluding carboxylic acids is 1. The number of piperazine rings is 1. The van der Waals surface area contributed by atoms with Crippen molar-refractivity contribution in [2.75, 3.05) is 26.2 Å². The summed E-state index contributed by atoms with van der Waals surface area (Å²) >= 11 is 0. The van der Waals surface area contributed by atoms with Crippen LogP contribution in [0.15, 0.2) is 24.3 Å². The Labute approximate surface area is 148 Å². The molecule has 5 nitrogen and oxygen atoms in total. The highest BCUT2D eigenvalue weighted by Gasteiger charge is 2.35. The van der Waals surface area contributed by atoms with Crippen molar-refractivity contribution >= 4 is 5.91 Å². The minimum Gasteiger partial charge on any atom is -0.392 e. The summed E-state index contributed by atoms with van der Waals surface area (Å²) in [5, 5.41) is 12.7. The Morgan fingerprint density at radius 2 is 2.00 bits per heavy atom. The molecule has 1 aliphatic carbocycles. The zero-order valence-corrected chi connectivity index (χ0v) is 15.0. The lowest BCUT2D eigenvalue weighted by Gasteiger charge is -2.43. The van der Waals surface area contributed by atoms with E-state index in [4.69, 9.17) is 0 Å². The fraction of sp³-hybridized carbons (Fsp3) is 0.632. The van der Waals surface area contributed by atoms with Crippen LogP contribution < -0.4 is 5.32 Å². The smallest absolute Gasteiger partial charge is 0.242 e. The Morgan fingerprint density at radius 1 is 1.32 bits per heavy atom. The number of hydrogen-bond donors (Lipinski definition) is 2. The van der Waals surface area contributed by atoms with E-state index in [-0.39, 0.29) is 23.9 Å². The van der Waals surface area contributed by atoms with Crippen molar-refractivity contribution < 1.29 is 14.3 Å². The average Bonchev–Trinajstić information content (AvgIpc) is 3.35. The second-order valence-electron chi connectivity index (χ2n) is 7.42. The third kappa shape index (κ3) is 4.77. The molecule has 138 valence electrons. The van der Waals surface area contributed by atoms with Crippen LogP contribution in [0.5, 0.6) is 0 Å². The van der Waals surface area contributed by atoms with Gasteiger partial charge in [0.05, 0.1) is 6.10 Å². The first kappa shape index (κ1) is 18.3. The van der Waals surface area contributed by atoms with Gasteiger partial charge in [-0.2, -0.15) is 0 Å². The maximum absolute atomic E-state index is 13.3. The Kier molecular flexibility index (Phi) is 5.71. The first-order valence-corrected chi connectivity index (χ1v) is 9.16. The van der Waals surface area contributed by atoms with Gasteiger partial charge < -0.3 is 10.4 Å². The van der Waals surface area contributed by atoms with Gasteiger partial charge in [0, 0.05) is 38.3 Å². The van der Waals surface area contributed by atoms with Crippen LogP contribution >= 0.6 is 0 Å². The van der Waals surface area contributed by atoms with Crippen molar-refractivity contribution in [3.63, 3.8) is 0 Å². The minimum atomic E-state index is -0.391. The molecule has 0 aromatic heterocycles. The van der Waals surface area contributed by atoms with E-state index >= 15 is 0 Å². The summed E-state index contributed by atoms with van der Waals surface area (Å²) in [7, 11) is 0. The van der Waals surface area contributed by atoms with Crippen LogP contribution in [0, 0.1) is 5.82 Å². The molecule has 0 bridgehead atoms. The quantitative estimate of drug-likeness (QED) is 0.818. The molecule has 1 saturated heterocycles. The molecule has 25 heavy (non-hydrogen) atoms. The van der Waals surface area contributed by atoms with Crippen LogP contribution in [-0.4, -0.2) is 65.2 Å². The predicted molar refractivity (Wildman–Crippen MR) is 94.6 cm³/mol. The van der Waals surface area contributed by atoms with Crippen molar-refractivity contribution in [1.29, 1.82) is 0 Å². The molecular formula is C19H28FN3O2. The number of rotatable bonds is 6. The monoisotopic (exact) mass is 349 g/mol. The van der Waals surface area contributed by atoms with E-state index in [1.807, 2.05) is 0 Å².